The van der Waals surface area contributed by atoms with Gasteiger partial charge in [-0.15, -0.1) is 0 Å². The summed E-state index contributed by atoms with van der Waals surface area (Å²) in [4.78, 5) is 16.5. The molecule has 164 valence electrons. The van der Waals surface area contributed by atoms with Crippen LogP contribution in [0.4, 0.5) is 13.2 Å². The van der Waals surface area contributed by atoms with Crippen LogP contribution in [-0.4, -0.2) is 63.3 Å². The molecule has 0 aliphatic rings. The van der Waals surface area contributed by atoms with Crippen LogP contribution < -0.4 is 20.1 Å². The molecule has 2 N–H and O–H groups in total. The van der Waals surface area contributed by atoms with Crippen molar-refractivity contribution in [2.45, 2.75) is 33.0 Å². The van der Waals surface area contributed by atoms with Crippen molar-refractivity contribution in [3.63, 3.8) is 0 Å². The number of halogens is 3. The van der Waals surface area contributed by atoms with Gasteiger partial charge in [-0.05, 0) is 38.5 Å². The van der Waals surface area contributed by atoms with Crippen LogP contribution in [0.15, 0.2) is 23.2 Å². The van der Waals surface area contributed by atoms with Gasteiger partial charge in [0, 0.05) is 14.1 Å². The molecule has 0 aliphatic carbocycles. The molecule has 0 spiro atoms. The minimum absolute atomic E-state index is 0.209. The summed E-state index contributed by atoms with van der Waals surface area (Å²) in [5.74, 6) is 0.856. The van der Waals surface area contributed by atoms with Gasteiger partial charge in [-0.1, -0.05) is 6.07 Å². The summed E-state index contributed by atoms with van der Waals surface area (Å²) in [5.41, 5.74) is 0.889. The largest absolute Gasteiger partial charge is 0.490 e. The fourth-order valence-electron chi connectivity index (χ4n) is 2.47. The lowest BCUT2D eigenvalue weighted by atomic mass is 10.1. The van der Waals surface area contributed by atoms with E-state index in [1.54, 1.807) is 0 Å². The fraction of sp³-hybridized carbons (Fsp3) is 0.579. The standard InChI is InChI=1S/C19H29F3N4O3/c1-6-28-15-9-8-14(10-16(15)29-7-2)13(3)25-18(23-4)24-11-17(27)26(5)12-19(20,21)22/h8-10,13H,6-7,11-12H2,1-5H3,(H2,23,24,25). The number of alkyl halides is 3. The van der Waals surface area contributed by atoms with Gasteiger partial charge in [-0.25, -0.2) is 0 Å². The number of carbonyl (C=O) groups is 1. The number of hydrogen-bond donors (Lipinski definition) is 2. The molecule has 0 aliphatic heterocycles. The second-order valence-corrected chi connectivity index (χ2v) is 6.23. The smallest absolute Gasteiger partial charge is 0.406 e. The van der Waals surface area contributed by atoms with E-state index in [4.69, 9.17) is 9.47 Å². The first kappa shape index (κ1) is 24.4. The average Bonchev–Trinajstić information content (AvgIpc) is 2.64. The van der Waals surface area contributed by atoms with Crippen molar-refractivity contribution in [3.05, 3.63) is 23.8 Å². The Bertz CT molecular complexity index is 696. The molecule has 7 nitrogen and oxygen atoms in total. The molecule has 1 atom stereocenters. The van der Waals surface area contributed by atoms with Crippen molar-refractivity contribution < 1.29 is 27.4 Å². The minimum atomic E-state index is -4.44. The quantitative estimate of drug-likeness (QED) is 0.477. The van der Waals surface area contributed by atoms with E-state index in [-0.39, 0.29) is 18.5 Å². The molecular weight excluding hydrogens is 389 g/mol. The van der Waals surface area contributed by atoms with Crippen LogP contribution in [0.1, 0.15) is 32.4 Å². The molecule has 0 bridgehead atoms. The van der Waals surface area contributed by atoms with E-state index in [1.807, 2.05) is 39.0 Å². The third-order valence-corrected chi connectivity index (χ3v) is 3.89. The first-order chi connectivity index (χ1) is 13.6. The molecule has 10 heteroatoms. The maximum absolute atomic E-state index is 12.4. The van der Waals surface area contributed by atoms with Gasteiger partial charge < -0.3 is 25.0 Å². The number of rotatable bonds is 9. The van der Waals surface area contributed by atoms with Crippen molar-refractivity contribution in [2.75, 3.05) is 40.4 Å². The Kier molecular flexibility index (Phi) is 9.57. The van der Waals surface area contributed by atoms with Gasteiger partial charge in [0.1, 0.15) is 6.54 Å². The predicted octanol–water partition coefficient (Wildman–Crippen LogP) is 2.73. The van der Waals surface area contributed by atoms with Crippen molar-refractivity contribution in [1.82, 2.24) is 15.5 Å². The number of nitrogens with one attached hydrogen (secondary N) is 2. The molecule has 0 fully saturated rings. The van der Waals surface area contributed by atoms with E-state index >= 15 is 0 Å². The Balaban J connectivity index is 2.72. The van der Waals surface area contributed by atoms with Gasteiger partial charge >= 0.3 is 6.18 Å². The lowest BCUT2D eigenvalue weighted by molar-refractivity contribution is -0.157. The molecule has 1 amide bonds. The maximum Gasteiger partial charge on any atom is 0.406 e. The topological polar surface area (TPSA) is 75.2 Å². The molecule has 29 heavy (non-hydrogen) atoms. The van der Waals surface area contributed by atoms with E-state index in [1.165, 1.54) is 7.05 Å². The monoisotopic (exact) mass is 418 g/mol. The van der Waals surface area contributed by atoms with Crippen molar-refractivity contribution >= 4 is 11.9 Å². The van der Waals surface area contributed by atoms with Gasteiger partial charge in [0.15, 0.2) is 17.5 Å². The zero-order valence-corrected chi connectivity index (χ0v) is 17.4. The number of likely N-dealkylation sites (N-methyl/N-ethyl adjacent to an activating group) is 1. The molecular formula is C19H29F3N4O3. The lowest BCUT2D eigenvalue weighted by Gasteiger charge is -2.22. The van der Waals surface area contributed by atoms with Crippen molar-refractivity contribution in [1.29, 1.82) is 0 Å². The van der Waals surface area contributed by atoms with Crippen LogP contribution >= 0.6 is 0 Å². The highest BCUT2D eigenvalue weighted by molar-refractivity contribution is 5.86. The average molecular weight is 418 g/mol. The highest BCUT2D eigenvalue weighted by Crippen LogP contribution is 2.30. The van der Waals surface area contributed by atoms with Crippen LogP contribution in [-0.2, 0) is 4.79 Å². The lowest BCUT2D eigenvalue weighted by Crippen LogP contribution is -2.46. The first-order valence-electron chi connectivity index (χ1n) is 9.28. The van der Waals surface area contributed by atoms with Gasteiger partial charge in [-0.2, -0.15) is 13.2 Å². The fourth-order valence-corrected chi connectivity index (χ4v) is 2.47. The van der Waals surface area contributed by atoms with Gasteiger partial charge in [0.25, 0.3) is 0 Å². The number of benzene rings is 1. The number of guanidine groups is 1. The third kappa shape index (κ3) is 8.49. The van der Waals surface area contributed by atoms with Crippen LogP contribution in [0.25, 0.3) is 0 Å². The maximum atomic E-state index is 12.4. The second kappa shape index (κ2) is 11.4. The number of carbonyl (C=O) groups excluding carboxylic acids is 1. The molecule has 1 rings (SSSR count). The molecule has 0 heterocycles. The Morgan fingerprint density at radius 3 is 2.38 bits per heavy atom. The first-order valence-corrected chi connectivity index (χ1v) is 9.28. The molecule has 0 saturated heterocycles. The highest BCUT2D eigenvalue weighted by Gasteiger charge is 2.31. The number of hydrogen-bond acceptors (Lipinski definition) is 4. The van der Waals surface area contributed by atoms with Gasteiger partial charge in [-0.3, -0.25) is 9.79 Å². The molecule has 1 aromatic rings. The third-order valence-electron chi connectivity index (χ3n) is 3.89. The highest BCUT2D eigenvalue weighted by atomic mass is 19.4. The zero-order chi connectivity index (χ0) is 22.0. The summed E-state index contributed by atoms with van der Waals surface area (Å²) in [6, 6.07) is 5.33. The summed E-state index contributed by atoms with van der Waals surface area (Å²) in [5, 5.41) is 5.83. The number of amides is 1. The molecule has 1 aromatic carbocycles. The van der Waals surface area contributed by atoms with Crippen LogP contribution in [0.2, 0.25) is 0 Å². The summed E-state index contributed by atoms with van der Waals surface area (Å²) in [7, 11) is 2.61. The number of aliphatic imine (C=N–C) groups is 1. The summed E-state index contributed by atoms with van der Waals surface area (Å²) in [6.45, 7) is 5.03. The van der Waals surface area contributed by atoms with Gasteiger partial charge in [0.05, 0.1) is 25.8 Å². The Morgan fingerprint density at radius 1 is 1.21 bits per heavy atom. The SMILES string of the molecule is CCOc1ccc(C(C)NC(=NC)NCC(=O)N(C)CC(F)(F)F)cc1OCC. The van der Waals surface area contributed by atoms with Gasteiger partial charge in [0.2, 0.25) is 5.91 Å². The Labute approximate surface area is 169 Å². The number of ether oxygens (including phenoxy) is 2. The zero-order valence-electron chi connectivity index (χ0n) is 17.4. The summed E-state index contributed by atoms with van der Waals surface area (Å²) in [6.07, 6.45) is -4.44. The number of nitrogens with zero attached hydrogens (tertiary/aromatic N) is 2. The Hall–Kier alpha value is -2.65. The minimum Gasteiger partial charge on any atom is -0.490 e. The van der Waals surface area contributed by atoms with Crippen LogP contribution in [0.3, 0.4) is 0 Å². The van der Waals surface area contributed by atoms with Crippen molar-refractivity contribution in [2.24, 2.45) is 4.99 Å². The van der Waals surface area contributed by atoms with E-state index in [0.717, 1.165) is 12.6 Å². The van der Waals surface area contributed by atoms with E-state index in [0.29, 0.717) is 29.6 Å². The van der Waals surface area contributed by atoms with Crippen LogP contribution in [0.5, 0.6) is 11.5 Å². The predicted molar refractivity (Wildman–Crippen MR) is 105 cm³/mol. The van der Waals surface area contributed by atoms with E-state index in [9.17, 15) is 18.0 Å². The summed E-state index contributed by atoms with van der Waals surface area (Å²) < 4.78 is 48.3. The second-order valence-electron chi connectivity index (χ2n) is 6.23. The normalized spacial score (nSPS) is 12.9. The van der Waals surface area contributed by atoms with E-state index in [2.05, 4.69) is 15.6 Å². The molecule has 0 radical (unpaired) electrons. The molecule has 0 saturated carbocycles. The molecule has 1 unspecified atom stereocenters. The van der Waals surface area contributed by atoms with Crippen molar-refractivity contribution in [3.8, 4) is 11.5 Å². The molecule has 0 aromatic heterocycles. The Morgan fingerprint density at radius 2 is 1.83 bits per heavy atom. The van der Waals surface area contributed by atoms with E-state index < -0.39 is 18.6 Å². The van der Waals surface area contributed by atoms with Crippen LogP contribution in [0, 0.1) is 0 Å². The summed E-state index contributed by atoms with van der Waals surface area (Å²) >= 11 is 0.